The Morgan fingerprint density at radius 3 is 2.84 bits per heavy atom. The van der Waals surface area contributed by atoms with Gasteiger partial charge in [-0.2, -0.15) is 5.10 Å². The standard InChI is InChI=1S/C18H16FN3OS.BrH/c1-12-8-14(6-7-16(12)19)17-11-24-18(21-17)22-20-10-13-4-3-5-15(9-13)23-2;/h3-11H,1-2H3,(H,21,22);1H/b20-10+;. The van der Waals surface area contributed by atoms with E-state index in [4.69, 9.17) is 4.74 Å². The highest BCUT2D eigenvalue weighted by Crippen LogP contribution is 2.26. The van der Waals surface area contributed by atoms with Gasteiger partial charge in [0.1, 0.15) is 11.6 Å². The zero-order chi connectivity index (χ0) is 16.9. The molecule has 0 bridgehead atoms. The molecule has 2 aromatic carbocycles. The summed E-state index contributed by atoms with van der Waals surface area (Å²) >= 11 is 1.44. The highest BCUT2D eigenvalue weighted by Gasteiger charge is 2.06. The number of anilines is 1. The number of halogens is 2. The summed E-state index contributed by atoms with van der Waals surface area (Å²) in [5.74, 6) is 0.567. The summed E-state index contributed by atoms with van der Waals surface area (Å²) in [5.41, 5.74) is 6.11. The first-order valence-corrected chi connectivity index (χ1v) is 8.19. The highest BCUT2D eigenvalue weighted by atomic mass is 79.9. The van der Waals surface area contributed by atoms with Gasteiger partial charge in [-0.1, -0.05) is 12.1 Å². The minimum Gasteiger partial charge on any atom is -0.497 e. The maximum absolute atomic E-state index is 13.3. The third-order valence-electron chi connectivity index (χ3n) is 3.43. The van der Waals surface area contributed by atoms with Gasteiger partial charge in [0, 0.05) is 10.9 Å². The maximum atomic E-state index is 13.3. The number of hydrogen-bond donors (Lipinski definition) is 1. The Labute approximate surface area is 160 Å². The van der Waals surface area contributed by atoms with Gasteiger partial charge in [-0.15, -0.1) is 28.3 Å². The number of benzene rings is 2. The molecule has 0 unspecified atom stereocenters. The van der Waals surface area contributed by atoms with Gasteiger partial charge in [0.25, 0.3) is 0 Å². The Morgan fingerprint density at radius 2 is 2.08 bits per heavy atom. The minimum atomic E-state index is -0.213. The summed E-state index contributed by atoms with van der Waals surface area (Å²) < 4.78 is 18.5. The van der Waals surface area contributed by atoms with Crippen LogP contribution in [0, 0.1) is 12.7 Å². The number of aryl methyl sites for hydroxylation is 1. The van der Waals surface area contributed by atoms with Crippen LogP contribution in [-0.2, 0) is 0 Å². The number of hydrogen-bond acceptors (Lipinski definition) is 5. The topological polar surface area (TPSA) is 46.5 Å². The van der Waals surface area contributed by atoms with E-state index < -0.39 is 0 Å². The SMILES string of the molecule is Br.COc1cccc(/C=N/Nc2nc(-c3ccc(F)c(C)c3)cs2)c1. The molecule has 0 fully saturated rings. The molecule has 0 radical (unpaired) electrons. The predicted molar refractivity (Wildman–Crippen MR) is 107 cm³/mol. The lowest BCUT2D eigenvalue weighted by atomic mass is 10.1. The summed E-state index contributed by atoms with van der Waals surface area (Å²) in [4.78, 5) is 4.46. The summed E-state index contributed by atoms with van der Waals surface area (Å²) in [5, 5.41) is 6.77. The van der Waals surface area contributed by atoms with Gasteiger partial charge in [0.15, 0.2) is 0 Å². The van der Waals surface area contributed by atoms with Crippen molar-refractivity contribution in [2.24, 2.45) is 5.10 Å². The van der Waals surface area contributed by atoms with E-state index in [1.165, 1.54) is 17.4 Å². The van der Waals surface area contributed by atoms with Crippen LogP contribution < -0.4 is 10.2 Å². The Kier molecular flexibility index (Phi) is 6.66. The predicted octanol–water partition coefficient (Wildman–Crippen LogP) is 5.29. The third kappa shape index (κ3) is 4.87. The summed E-state index contributed by atoms with van der Waals surface area (Å²) in [7, 11) is 1.63. The molecular weight excluding hydrogens is 405 g/mol. The molecule has 0 atom stereocenters. The van der Waals surface area contributed by atoms with Gasteiger partial charge in [0.05, 0.1) is 19.0 Å². The van der Waals surface area contributed by atoms with Crippen LogP contribution in [0.3, 0.4) is 0 Å². The molecule has 1 heterocycles. The molecule has 1 aromatic heterocycles. The second-order valence-corrected chi connectivity index (χ2v) is 6.01. The average molecular weight is 422 g/mol. The monoisotopic (exact) mass is 421 g/mol. The van der Waals surface area contributed by atoms with Crippen molar-refractivity contribution in [1.82, 2.24) is 4.98 Å². The first-order valence-electron chi connectivity index (χ1n) is 7.31. The molecular formula is C18H17BrFN3OS. The molecule has 0 aliphatic rings. The lowest BCUT2D eigenvalue weighted by Gasteiger charge is -2.00. The molecule has 130 valence electrons. The third-order valence-corrected chi connectivity index (χ3v) is 4.17. The minimum absolute atomic E-state index is 0. The van der Waals surface area contributed by atoms with E-state index in [0.717, 1.165) is 22.6 Å². The van der Waals surface area contributed by atoms with Crippen LogP contribution in [0.25, 0.3) is 11.3 Å². The largest absolute Gasteiger partial charge is 0.497 e. The lowest BCUT2D eigenvalue weighted by molar-refractivity contribution is 0.415. The zero-order valence-electron chi connectivity index (χ0n) is 13.7. The molecule has 1 N–H and O–H groups in total. The Balaban J connectivity index is 0.00000225. The molecule has 25 heavy (non-hydrogen) atoms. The lowest BCUT2D eigenvalue weighted by Crippen LogP contribution is -1.91. The van der Waals surface area contributed by atoms with Crippen molar-refractivity contribution in [1.29, 1.82) is 0 Å². The highest BCUT2D eigenvalue weighted by molar-refractivity contribution is 8.93. The number of nitrogens with one attached hydrogen (secondary N) is 1. The van der Waals surface area contributed by atoms with Gasteiger partial charge in [-0.05, 0) is 48.4 Å². The van der Waals surface area contributed by atoms with E-state index in [9.17, 15) is 4.39 Å². The van der Waals surface area contributed by atoms with Crippen molar-refractivity contribution in [3.8, 4) is 17.0 Å². The van der Waals surface area contributed by atoms with Crippen LogP contribution in [0.5, 0.6) is 5.75 Å². The Hall–Kier alpha value is -2.25. The quantitative estimate of drug-likeness (QED) is 0.449. The van der Waals surface area contributed by atoms with Gasteiger partial charge in [-0.25, -0.2) is 9.37 Å². The molecule has 0 saturated carbocycles. The van der Waals surface area contributed by atoms with E-state index in [-0.39, 0.29) is 22.8 Å². The number of hydrazone groups is 1. The summed E-state index contributed by atoms with van der Waals surface area (Å²) in [6.45, 7) is 1.74. The summed E-state index contributed by atoms with van der Waals surface area (Å²) in [6, 6.07) is 12.6. The second-order valence-electron chi connectivity index (χ2n) is 5.15. The van der Waals surface area contributed by atoms with Crippen molar-refractivity contribution in [3.05, 3.63) is 64.8 Å². The van der Waals surface area contributed by atoms with E-state index in [1.54, 1.807) is 32.4 Å². The van der Waals surface area contributed by atoms with E-state index in [2.05, 4.69) is 15.5 Å². The van der Waals surface area contributed by atoms with Crippen LogP contribution >= 0.6 is 28.3 Å². The van der Waals surface area contributed by atoms with Gasteiger partial charge in [-0.3, -0.25) is 5.43 Å². The Bertz CT molecular complexity index is 882. The maximum Gasteiger partial charge on any atom is 0.203 e. The molecule has 0 spiro atoms. The first kappa shape index (κ1) is 19.1. The van der Waals surface area contributed by atoms with Gasteiger partial charge >= 0.3 is 0 Å². The van der Waals surface area contributed by atoms with Crippen LogP contribution in [0.2, 0.25) is 0 Å². The molecule has 4 nitrogen and oxygen atoms in total. The number of aromatic nitrogens is 1. The van der Waals surface area contributed by atoms with Crippen LogP contribution in [0.15, 0.2) is 52.9 Å². The molecule has 0 aliphatic heterocycles. The normalized spacial score (nSPS) is 10.5. The van der Waals surface area contributed by atoms with Crippen molar-refractivity contribution >= 4 is 39.7 Å². The smallest absolute Gasteiger partial charge is 0.203 e. The van der Waals surface area contributed by atoms with Crippen molar-refractivity contribution < 1.29 is 9.13 Å². The fraction of sp³-hybridized carbons (Fsp3) is 0.111. The van der Waals surface area contributed by atoms with Gasteiger partial charge < -0.3 is 4.74 Å². The Morgan fingerprint density at radius 1 is 1.24 bits per heavy atom. The van der Waals surface area contributed by atoms with Gasteiger partial charge in [0.2, 0.25) is 5.13 Å². The number of nitrogens with zero attached hydrogens (tertiary/aromatic N) is 2. The summed E-state index contributed by atoms with van der Waals surface area (Å²) in [6.07, 6.45) is 1.70. The molecule has 3 rings (SSSR count). The first-order chi connectivity index (χ1) is 11.7. The number of methoxy groups -OCH3 is 1. The van der Waals surface area contributed by atoms with E-state index in [0.29, 0.717) is 10.7 Å². The van der Waals surface area contributed by atoms with E-state index >= 15 is 0 Å². The van der Waals surface area contributed by atoms with E-state index in [1.807, 2.05) is 29.6 Å². The molecule has 7 heteroatoms. The van der Waals surface area contributed by atoms with Crippen molar-refractivity contribution in [2.75, 3.05) is 12.5 Å². The number of thiazole rings is 1. The number of ether oxygens (including phenoxy) is 1. The molecule has 0 saturated heterocycles. The fourth-order valence-corrected chi connectivity index (χ4v) is 2.81. The van der Waals surface area contributed by atoms with Crippen LogP contribution in [-0.4, -0.2) is 18.3 Å². The number of rotatable bonds is 5. The molecule has 3 aromatic rings. The van der Waals surface area contributed by atoms with Crippen molar-refractivity contribution in [3.63, 3.8) is 0 Å². The van der Waals surface area contributed by atoms with Crippen LogP contribution in [0.1, 0.15) is 11.1 Å². The zero-order valence-corrected chi connectivity index (χ0v) is 16.2. The van der Waals surface area contributed by atoms with Crippen LogP contribution in [0.4, 0.5) is 9.52 Å². The molecule has 0 aliphatic carbocycles. The molecule has 0 amide bonds. The average Bonchev–Trinajstić information content (AvgIpc) is 3.06. The van der Waals surface area contributed by atoms with Crippen molar-refractivity contribution in [2.45, 2.75) is 6.92 Å². The second kappa shape index (κ2) is 8.73. The fourth-order valence-electron chi connectivity index (χ4n) is 2.15.